The van der Waals surface area contributed by atoms with Gasteiger partial charge in [0.2, 0.25) is 0 Å². The SMILES string of the molecule is CC1CCCN(c2ccc(C(=O)OC(C)C(=O)Nc3sccc3C#N)cc2[N+](=O)[O-])C1. The monoisotopic (exact) mass is 442 g/mol. The highest BCUT2D eigenvalue weighted by molar-refractivity contribution is 7.14. The zero-order valence-electron chi connectivity index (χ0n) is 17.2. The summed E-state index contributed by atoms with van der Waals surface area (Å²) in [6.45, 7) is 4.94. The first-order valence-electron chi connectivity index (χ1n) is 9.83. The Morgan fingerprint density at radius 2 is 2.19 bits per heavy atom. The predicted molar refractivity (Wildman–Crippen MR) is 116 cm³/mol. The van der Waals surface area contributed by atoms with E-state index in [4.69, 9.17) is 10.00 Å². The lowest BCUT2D eigenvalue weighted by atomic mass is 9.99. The third-order valence-electron chi connectivity index (χ3n) is 5.08. The van der Waals surface area contributed by atoms with Crippen LogP contribution < -0.4 is 10.2 Å². The summed E-state index contributed by atoms with van der Waals surface area (Å²) >= 11 is 1.18. The fourth-order valence-electron chi connectivity index (χ4n) is 3.46. The molecular weight excluding hydrogens is 420 g/mol. The second-order valence-corrected chi connectivity index (χ2v) is 8.38. The van der Waals surface area contributed by atoms with Crippen molar-refractivity contribution in [2.45, 2.75) is 32.8 Å². The summed E-state index contributed by atoms with van der Waals surface area (Å²) in [5, 5.41) is 25.2. The molecule has 1 aliphatic heterocycles. The van der Waals surface area contributed by atoms with E-state index in [1.54, 1.807) is 17.5 Å². The summed E-state index contributed by atoms with van der Waals surface area (Å²) in [7, 11) is 0. The lowest BCUT2D eigenvalue weighted by Crippen LogP contribution is -2.34. The average molecular weight is 442 g/mol. The minimum absolute atomic E-state index is 0.00556. The maximum Gasteiger partial charge on any atom is 0.339 e. The number of piperidine rings is 1. The molecule has 1 saturated heterocycles. The summed E-state index contributed by atoms with van der Waals surface area (Å²) in [5.41, 5.74) is 0.614. The molecule has 0 bridgehead atoms. The molecule has 1 amide bonds. The number of carbonyl (C=O) groups is 2. The largest absolute Gasteiger partial charge is 0.449 e. The van der Waals surface area contributed by atoms with Crippen LogP contribution >= 0.6 is 11.3 Å². The minimum Gasteiger partial charge on any atom is -0.449 e. The molecule has 0 spiro atoms. The van der Waals surface area contributed by atoms with Crippen molar-refractivity contribution in [3.63, 3.8) is 0 Å². The molecule has 0 saturated carbocycles. The molecule has 1 aliphatic rings. The highest BCUT2D eigenvalue weighted by atomic mass is 32.1. The van der Waals surface area contributed by atoms with Crippen molar-refractivity contribution in [1.29, 1.82) is 5.26 Å². The second kappa shape index (κ2) is 9.57. The minimum atomic E-state index is -1.15. The van der Waals surface area contributed by atoms with Crippen molar-refractivity contribution < 1.29 is 19.2 Å². The third kappa shape index (κ3) is 5.19. The lowest BCUT2D eigenvalue weighted by molar-refractivity contribution is -0.384. The summed E-state index contributed by atoms with van der Waals surface area (Å²) in [4.78, 5) is 37.9. The van der Waals surface area contributed by atoms with E-state index in [-0.39, 0.29) is 11.3 Å². The first-order chi connectivity index (χ1) is 14.8. The Hall–Kier alpha value is -3.45. The van der Waals surface area contributed by atoms with E-state index < -0.39 is 22.9 Å². The van der Waals surface area contributed by atoms with Crippen LogP contribution in [0.15, 0.2) is 29.6 Å². The van der Waals surface area contributed by atoms with Crippen LogP contribution in [0.2, 0.25) is 0 Å². The standard InChI is InChI=1S/C21H22N4O5S/c1-13-4-3-8-24(12-13)17-6-5-15(10-18(17)25(28)29)21(27)30-14(2)19(26)23-20-16(11-22)7-9-31-20/h5-7,9-10,13-14H,3-4,8,12H2,1-2H3,(H,23,26). The van der Waals surface area contributed by atoms with Gasteiger partial charge in [0.1, 0.15) is 16.8 Å². The van der Waals surface area contributed by atoms with Gasteiger partial charge in [-0.1, -0.05) is 6.92 Å². The molecule has 162 valence electrons. The van der Waals surface area contributed by atoms with E-state index in [1.807, 2.05) is 11.0 Å². The Balaban J connectivity index is 1.72. The Bertz CT molecular complexity index is 1040. The Kier molecular flexibility index (Phi) is 6.87. The molecule has 1 N–H and O–H groups in total. The number of amides is 1. The molecule has 1 aromatic carbocycles. The van der Waals surface area contributed by atoms with E-state index in [0.717, 1.165) is 25.9 Å². The molecular formula is C21H22N4O5S. The van der Waals surface area contributed by atoms with Gasteiger partial charge in [-0.05, 0) is 49.3 Å². The number of carbonyl (C=O) groups excluding carboxylic acids is 2. The van der Waals surface area contributed by atoms with Gasteiger partial charge in [-0.15, -0.1) is 11.3 Å². The maximum atomic E-state index is 12.5. The number of nitro groups is 1. The molecule has 2 heterocycles. The highest BCUT2D eigenvalue weighted by Crippen LogP contribution is 2.32. The molecule has 2 aromatic rings. The summed E-state index contributed by atoms with van der Waals surface area (Å²) in [6.07, 6.45) is 0.880. The number of hydrogen-bond donors (Lipinski definition) is 1. The van der Waals surface area contributed by atoms with Gasteiger partial charge in [-0.3, -0.25) is 14.9 Å². The smallest absolute Gasteiger partial charge is 0.339 e. The maximum absolute atomic E-state index is 12.5. The number of nitrogens with one attached hydrogen (secondary N) is 1. The Labute approximate surface area is 183 Å². The molecule has 2 atom stereocenters. The fraction of sp³-hybridized carbons (Fsp3) is 0.381. The first-order valence-corrected chi connectivity index (χ1v) is 10.7. The third-order valence-corrected chi connectivity index (χ3v) is 5.91. The van der Waals surface area contributed by atoms with Gasteiger partial charge in [0, 0.05) is 19.2 Å². The van der Waals surface area contributed by atoms with Crippen LogP contribution in [0.25, 0.3) is 0 Å². The number of esters is 1. The molecule has 1 fully saturated rings. The van der Waals surface area contributed by atoms with Crippen LogP contribution in [0.5, 0.6) is 0 Å². The van der Waals surface area contributed by atoms with Crippen molar-refractivity contribution in [1.82, 2.24) is 0 Å². The number of nitro benzene ring substituents is 1. The number of hydrogen-bond acceptors (Lipinski definition) is 8. The van der Waals surface area contributed by atoms with Crippen LogP contribution in [0.1, 0.15) is 42.6 Å². The van der Waals surface area contributed by atoms with Crippen LogP contribution in [0.3, 0.4) is 0 Å². The van der Waals surface area contributed by atoms with Gasteiger partial charge in [0.15, 0.2) is 6.10 Å². The van der Waals surface area contributed by atoms with Crippen molar-refractivity contribution in [2.24, 2.45) is 5.92 Å². The van der Waals surface area contributed by atoms with Crippen molar-refractivity contribution in [3.05, 3.63) is 50.9 Å². The highest BCUT2D eigenvalue weighted by Gasteiger charge is 2.27. The van der Waals surface area contributed by atoms with Gasteiger partial charge < -0.3 is 15.0 Å². The van der Waals surface area contributed by atoms with E-state index in [1.165, 1.54) is 30.4 Å². The fourth-order valence-corrected chi connectivity index (χ4v) is 4.20. The predicted octanol–water partition coefficient (Wildman–Crippen LogP) is 3.95. The Morgan fingerprint density at radius 3 is 2.87 bits per heavy atom. The van der Waals surface area contributed by atoms with Crippen LogP contribution in [-0.4, -0.2) is 36.0 Å². The van der Waals surface area contributed by atoms with Crippen LogP contribution in [0.4, 0.5) is 16.4 Å². The van der Waals surface area contributed by atoms with Crippen molar-refractivity contribution in [2.75, 3.05) is 23.3 Å². The van der Waals surface area contributed by atoms with Gasteiger partial charge in [0.05, 0.1) is 16.1 Å². The number of benzene rings is 1. The number of nitriles is 1. The van der Waals surface area contributed by atoms with Crippen molar-refractivity contribution in [3.8, 4) is 6.07 Å². The Morgan fingerprint density at radius 1 is 1.42 bits per heavy atom. The summed E-state index contributed by atoms with van der Waals surface area (Å²) < 4.78 is 5.19. The van der Waals surface area contributed by atoms with Gasteiger partial charge in [-0.25, -0.2) is 4.79 Å². The molecule has 1 aromatic heterocycles. The molecule has 31 heavy (non-hydrogen) atoms. The van der Waals surface area contributed by atoms with E-state index >= 15 is 0 Å². The molecule has 9 nitrogen and oxygen atoms in total. The van der Waals surface area contributed by atoms with E-state index in [0.29, 0.717) is 22.2 Å². The van der Waals surface area contributed by atoms with Gasteiger partial charge >= 0.3 is 5.97 Å². The number of rotatable bonds is 6. The molecule has 10 heteroatoms. The molecule has 2 unspecified atom stereocenters. The van der Waals surface area contributed by atoms with Crippen LogP contribution in [0, 0.1) is 27.4 Å². The zero-order chi connectivity index (χ0) is 22.5. The quantitative estimate of drug-likeness (QED) is 0.408. The average Bonchev–Trinajstić information content (AvgIpc) is 3.20. The van der Waals surface area contributed by atoms with E-state index in [9.17, 15) is 19.7 Å². The number of anilines is 2. The number of ether oxygens (including phenoxy) is 1. The molecule has 0 aliphatic carbocycles. The molecule has 0 radical (unpaired) electrons. The van der Waals surface area contributed by atoms with Gasteiger partial charge in [0.25, 0.3) is 11.6 Å². The van der Waals surface area contributed by atoms with E-state index in [2.05, 4.69) is 12.2 Å². The summed E-state index contributed by atoms with van der Waals surface area (Å²) in [6, 6.07) is 7.75. The molecule has 3 rings (SSSR count). The van der Waals surface area contributed by atoms with Gasteiger partial charge in [-0.2, -0.15) is 5.26 Å². The lowest BCUT2D eigenvalue weighted by Gasteiger charge is -2.32. The number of nitrogens with zero attached hydrogens (tertiary/aromatic N) is 3. The first kappa shape index (κ1) is 22.2. The normalized spacial score (nSPS) is 16.8. The number of thiophene rings is 1. The van der Waals surface area contributed by atoms with Crippen molar-refractivity contribution >= 4 is 39.6 Å². The second-order valence-electron chi connectivity index (χ2n) is 7.47. The van der Waals surface area contributed by atoms with Crippen LogP contribution in [-0.2, 0) is 9.53 Å². The topological polar surface area (TPSA) is 126 Å². The zero-order valence-corrected chi connectivity index (χ0v) is 18.0. The summed E-state index contributed by atoms with van der Waals surface area (Å²) in [5.74, 6) is -1.00.